The molecule has 0 saturated heterocycles. The molecule has 0 fully saturated rings. The van der Waals surface area contributed by atoms with Crippen LogP contribution in [-0.2, 0) is 44.6 Å². The molecule has 8 nitrogen and oxygen atoms in total. The number of rotatable bonds is 32. The third-order valence-electron chi connectivity index (χ3n) is 6.99. The van der Waals surface area contributed by atoms with Gasteiger partial charge in [0, 0.05) is 0 Å². The van der Waals surface area contributed by atoms with Crippen LogP contribution in [0.2, 0.25) is 0 Å². The zero-order chi connectivity index (χ0) is 31.6. The molecule has 0 heterocycles. The van der Waals surface area contributed by atoms with E-state index in [1.165, 1.54) is 77.0 Å². The van der Waals surface area contributed by atoms with E-state index < -0.39 is 15.6 Å². The first kappa shape index (κ1) is 48.2. The van der Waals surface area contributed by atoms with Crippen LogP contribution >= 0.6 is 15.6 Å². The Morgan fingerprint density at radius 2 is 0.512 bits per heavy atom. The van der Waals surface area contributed by atoms with E-state index >= 15 is 0 Å². The number of hydrogen-bond donors (Lipinski definition) is 0. The van der Waals surface area contributed by atoms with Crippen molar-refractivity contribution in [2.45, 2.75) is 182 Å². The molecule has 0 saturated carbocycles. The fourth-order valence-electron chi connectivity index (χ4n) is 4.31. The smallest absolute Gasteiger partial charge is 0.756 e. The fourth-order valence-corrected chi connectivity index (χ4v) is 5.87. The van der Waals surface area contributed by atoms with Crippen molar-refractivity contribution >= 4 is 15.6 Å². The van der Waals surface area contributed by atoms with Gasteiger partial charge in [-0.05, 0) is 25.7 Å². The van der Waals surface area contributed by atoms with E-state index in [2.05, 4.69) is 27.7 Å². The zero-order valence-electron chi connectivity index (χ0n) is 28.4. The van der Waals surface area contributed by atoms with Gasteiger partial charge in [0.1, 0.15) is 0 Å². The second-order valence-electron chi connectivity index (χ2n) is 11.3. The number of phosphoric ester groups is 2. The van der Waals surface area contributed by atoms with Crippen LogP contribution in [0, 0.1) is 0 Å². The van der Waals surface area contributed by atoms with Crippen LogP contribution in [-0.4, -0.2) is 26.4 Å². The van der Waals surface area contributed by atoms with Crippen molar-refractivity contribution in [2.75, 3.05) is 26.4 Å². The largest absolute Gasteiger partial charge is 2.00 e. The standard InChI is InChI=1S/2C16H35O4P.Cr/c2*1-3-5-7-9-11-13-15-19-21(17,18)20-16-14-12-10-8-6-4-2;/h2*3-16H2,1-2H3,(H,17,18);/q;;+2/p-2. The molecule has 0 aliphatic rings. The van der Waals surface area contributed by atoms with Crippen molar-refractivity contribution < 1.29 is 54.4 Å². The van der Waals surface area contributed by atoms with Crippen LogP contribution in [0.1, 0.15) is 182 Å². The summed E-state index contributed by atoms with van der Waals surface area (Å²) in [5, 5.41) is 0. The van der Waals surface area contributed by atoms with Gasteiger partial charge >= 0.3 is 17.4 Å². The van der Waals surface area contributed by atoms with Crippen molar-refractivity contribution in [1.29, 1.82) is 0 Å². The van der Waals surface area contributed by atoms with Gasteiger partial charge in [0.2, 0.25) is 0 Å². The molecule has 0 aliphatic heterocycles. The van der Waals surface area contributed by atoms with Crippen molar-refractivity contribution in [1.82, 2.24) is 0 Å². The van der Waals surface area contributed by atoms with Gasteiger partial charge in [-0.15, -0.1) is 0 Å². The first-order valence-electron chi connectivity index (χ1n) is 17.4. The van der Waals surface area contributed by atoms with Crippen LogP contribution < -0.4 is 9.79 Å². The Morgan fingerprint density at radius 1 is 0.349 bits per heavy atom. The van der Waals surface area contributed by atoms with Gasteiger partial charge in [-0.3, -0.25) is 9.13 Å². The van der Waals surface area contributed by atoms with Gasteiger partial charge in [-0.2, -0.15) is 0 Å². The second kappa shape index (κ2) is 37.2. The van der Waals surface area contributed by atoms with Crippen molar-refractivity contribution in [2.24, 2.45) is 0 Å². The van der Waals surface area contributed by atoms with E-state index in [4.69, 9.17) is 18.1 Å². The molecular formula is C32H68CrO8P2. The summed E-state index contributed by atoms with van der Waals surface area (Å²) in [5.74, 6) is 0. The second-order valence-corrected chi connectivity index (χ2v) is 14.1. The molecule has 0 amide bonds. The molecule has 0 rings (SSSR count). The Labute approximate surface area is 277 Å². The Balaban J connectivity index is -0.000000727. The quantitative estimate of drug-likeness (QED) is 0.0504. The van der Waals surface area contributed by atoms with Gasteiger partial charge in [-0.1, -0.05) is 156 Å². The third kappa shape index (κ3) is 42.8. The van der Waals surface area contributed by atoms with Crippen molar-refractivity contribution in [3.8, 4) is 0 Å². The molecule has 0 aromatic heterocycles. The first-order valence-corrected chi connectivity index (χ1v) is 20.4. The Bertz CT molecular complexity index is 532. The van der Waals surface area contributed by atoms with Crippen LogP contribution in [0.5, 0.6) is 0 Å². The van der Waals surface area contributed by atoms with E-state index in [-0.39, 0.29) is 43.8 Å². The minimum absolute atomic E-state index is 0. The Kier molecular flexibility index (Phi) is 41.7. The average molecular weight is 695 g/mol. The summed E-state index contributed by atoms with van der Waals surface area (Å²) in [7, 11) is -8.13. The van der Waals surface area contributed by atoms with E-state index in [1.54, 1.807) is 0 Å². The molecule has 43 heavy (non-hydrogen) atoms. The summed E-state index contributed by atoms with van der Waals surface area (Å²) < 4.78 is 42.4. The van der Waals surface area contributed by atoms with Crippen LogP contribution in [0.25, 0.3) is 0 Å². The predicted octanol–water partition coefficient (Wildman–Crippen LogP) is 10.4. The summed E-state index contributed by atoms with van der Waals surface area (Å²) in [6.07, 6.45) is 26.6. The summed E-state index contributed by atoms with van der Waals surface area (Å²) in [5.41, 5.74) is 0. The van der Waals surface area contributed by atoms with E-state index in [1.807, 2.05) is 0 Å². The number of unbranched alkanes of at least 4 members (excludes halogenated alkanes) is 20. The summed E-state index contributed by atoms with van der Waals surface area (Å²) in [6.45, 7) is 9.73. The van der Waals surface area contributed by atoms with E-state index in [0.717, 1.165) is 77.0 Å². The molecule has 11 heteroatoms. The fraction of sp³-hybridized carbons (Fsp3) is 1.00. The maximum Gasteiger partial charge on any atom is 2.00 e. The first-order chi connectivity index (χ1) is 20.2. The summed E-state index contributed by atoms with van der Waals surface area (Å²) in [6, 6.07) is 0. The number of phosphoric acid groups is 2. The summed E-state index contributed by atoms with van der Waals surface area (Å²) in [4.78, 5) is 23.0. The van der Waals surface area contributed by atoms with E-state index in [9.17, 15) is 18.9 Å². The van der Waals surface area contributed by atoms with Gasteiger partial charge in [0.05, 0.1) is 26.4 Å². The molecule has 0 radical (unpaired) electrons. The maximum absolute atomic E-state index is 11.5. The van der Waals surface area contributed by atoms with Crippen LogP contribution in [0.3, 0.4) is 0 Å². The molecule has 0 spiro atoms. The molecule has 0 N–H and O–H groups in total. The van der Waals surface area contributed by atoms with Crippen molar-refractivity contribution in [3.63, 3.8) is 0 Å². The molecule has 0 atom stereocenters. The monoisotopic (exact) mass is 694 g/mol. The molecule has 0 aromatic rings. The van der Waals surface area contributed by atoms with E-state index in [0.29, 0.717) is 0 Å². The number of hydrogen-bond acceptors (Lipinski definition) is 8. The van der Waals surface area contributed by atoms with Gasteiger partial charge in [-0.25, -0.2) is 0 Å². The minimum Gasteiger partial charge on any atom is -0.756 e. The molecular weight excluding hydrogens is 626 g/mol. The van der Waals surface area contributed by atoms with Gasteiger partial charge in [0.15, 0.2) is 0 Å². The van der Waals surface area contributed by atoms with Crippen LogP contribution in [0.4, 0.5) is 0 Å². The molecule has 0 aliphatic carbocycles. The normalized spacial score (nSPS) is 11.7. The Hall–Kier alpha value is 0.752. The summed E-state index contributed by atoms with van der Waals surface area (Å²) >= 11 is 0. The minimum atomic E-state index is -4.07. The van der Waals surface area contributed by atoms with Crippen LogP contribution in [0.15, 0.2) is 0 Å². The molecule has 0 aromatic carbocycles. The van der Waals surface area contributed by atoms with Gasteiger partial charge in [0.25, 0.3) is 15.6 Å². The average Bonchev–Trinajstić information content (AvgIpc) is 2.95. The maximum atomic E-state index is 11.5. The topological polar surface area (TPSA) is 117 Å². The molecule has 0 bridgehead atoms. The van der Waals surface area contributed by atoms with Crippen molar-refractivity contribution in [3.05, 3.63) is 0 Å². The Morgan fingerprint density at radius 3 is 0.698 bits per heavy atom. The molecule has 0 unspecified atom stereocenters. The van der Waals surface area contributed by atoms with Gasteiger partial charge < -0.3 is 27.9 Å². The zero-order valence-corrected chi connectivity index (χ0v) is 31.4. The predicted molar refractivity (Wildman–Crippen MR) is 173 cm³/mol. The SMILES string of the molecule is CCCCCCCCOP(=O)([O-])OCCCCCCCC.CCCCCCCCOP(=O)([O-])OCCCCCCCC.[Cr+2]. The molecule has 260 valence electrons. The third-order valence-corrected chi connectivity index (χ3v) is 8.98.